The second-order valence-electron chi connectivity index (χ2n) is 8.69. The zero-order valence-electron chi connectivity index (χ0n) is 20.8. The first kappa shape index (κ1) is 22.7. The number of H-pyrrole nitrogens is 1. The van der Waals surface area contributed by atoms with Crippen molar-refractivity contribution in [3.8, 4) is 5.69 Å². The minimum Gasteiger partial charge on any atom is -0.355 e. The number of aryl methyl sites for hydroxylation is 1. The molecule has 7 rings (SSSR count). The van der Waals surface area contributed by atoms with E-state index in [4.69, 9.17) is 0 Å². The molecule has 0 saturated carbocycles. The van der Waals surface area contributed by atoms with Crippen LogP contribution in [0.3, 0.4) is 0 Å². The summed E-state index contributed by atoms with van der Waals surface area (Å²) in [4.78, 5) is 3.43. The molecule has 2 heteroatoms. The van der Waals surface area contributed by atoms with Crippen LogP contribution in [0.1, 0.15) is 32.3 Å². The van der Waals surface area contributed by atoms with Crippen molar-refractivity contribution in [2.45, 2.75) is 33.6 Å². The SMILES string of the molecule is C1=c2[nH]c3ccccc3c2=CCC1.CC.Cc1ccc2c(c1)c1ccccc1n2-c1ccccc1. The van der Waals surface area contributed by atoms with Gasteiger partial charge < -0.3 is 9.55 Å². The molecule has 0 aliphatic heterocycles. The van der Waals surface area contributed by atoms with E-state index in [2.05, 4.69) is 126 Å². The molecule has 1 aliphatic rings. The lowest BCUT2D eigenvalue weighted by Gasteiger charge is -2.07. The summed E-state index contributed by atoms with van der Waals surface area (Å²) < 4.78 is 2.34. The van der Waals surface area contributed by atoms with Gasteiger partial charge in [0.1, 0.15) is 0 Å². The minimum absolute atomic E-state index is 1.17. The van der Waals surface area contributed by atoms with E-state index in [1.165, 1.54) is 67.4 Å². The largest absolute Gasteiger partial charge is 0.355 e. The number of aromatic nitrogens is 2. The van der Waals surface area contributed by atoms with E-state index in [0.717, 1.165) is 0 Å². The zero-order chi connectivity index (χ0) is 24.2. The Morgan fingerprint density at radius 3 is 2.11 bits per heavy atom. The van der Waals surface area contributed by atoms with Crippen molar-refractivity contribution in [1.82, 2.24) is 9.55 Å². The summed E-state index contributed by atoms with van der Waals surface area (Å²) in [6, 6.07) is 34.3. The Kier molecular flexibility index (Phi) is 6.54. The van der Waals surface area contributed by atoms with Crippen LogP contribution in [-0.2, 0) is 0 Å². The number of para-hydroxylation sites is 3. The summed E-state index contributed by atoms with van der Waals surface area (Å²) >= 11 is 0. The molecule has 0 atom stereocenters. The van der Waals surface area contributed by atoms with Gasteiger partial charge in [-0.05, 0) is 56.2 Å². The van der Waals surface area contributed by atoms with Gasteiger partial charge in [-0.25, -0.2) is 0 Å². The molecule has 0 amide bonds. The van der Waals surface area contributed by atoms with Gasteiger partial charge >= 0.3 is 0 Å². The lowest BCUT2D eigenvalue weighted by molar-refractivity contribution is 1.11. The number of hydrogen-bond acceptors (Lipinski definition) is 0. The highest BCUT2D eigenvalue weighted by Gasteiger charge is 2.11. The van der Waals surface area contributed by atoms with Gasteiger partial charge in [-0.3, -0.25) is 0 Å². The molecule has 2 aromatic heterocycles. The summed E-state index contributed by atoms with van der Waals surface area (Å²) in [6.45, 7) is 6.15. The van der Waals surface area contributed by atoms with E-state index in [1.807, 2.05) is 13.8 Å². The first-order valence-electron chi connectivity index (χ1n) is 12.6. The monoisotopic (exact) mass is 456 g/mol. The van der Waals surface area contributed by atoms with Crippen molar-refractivity contribution in [3.05, 3.63) is 113 Å². The molecule has 2 heterocycles. The van der Waals surface area contributed by atoms with E-state index < -0.39 is 0 Å². The summed E-state index contributed by atoms with van der Waals surface area (Å²) in [5.41, 5.74) is 6.29. The maximum Gasteiger partial charge on any atom is 0.0541 e. The van der Waals surface area contributed by atoms with E-state index in [-0.39, 0.29) is 0 Å². The van der Waals surface area contributed by atoms with Gasteiger partial charge in [0.15, 0.2) is 0 Å². The molecular weight excluding hydrogens is 424 g/mol. The highest BCUT2D eigenvalue weighted by Crippen LogP contribution is 2.32. The Labute approximate surface area is 206 Å². The topological polar surface area (TPSA) is 20.7 Å². The Hall–Kier alpha value is -4.04. The van der Waals surface area contributed by atoms with Crippen LogP contribution < -0.4 is 10.6 Å². The van der Waals surface area contributed by atoms with Crippen molar-refractivity contribution in [2.75, 3.05) is 0 Å². The second kappa shape index (κ2) is 10.1. The fourth-order valence-electron chi connectivity index (χ4n) is 4.96. The first-order valence-corrected chi connectivity index (χ1v) is 12.6. The van der Waals surface area contributed by atoms with E-state index in [0.29, 0.717) is 0 Å². The van der Waals surface area contributed by atoms with Crippen molar-refractivity contribution in [3.63, 3.8) is 0 Å². The standard InChI is InChI=1S/C19H15N.C12H11N.C2H6/c1-14-11-12-19-17(13-14)16-9-5-6-10-18(16)20(19)15-7-3-2-4-8-15;1-3-7-11-9(5-1)10-6-2-4-8-12(10)13-11;1-2/h2-13H,1H3;1,3,5-8,13H,2,4H2;1-2H3. The van der Waals surface area contributed by atoms with Gasteiger partial charge in [-0.2, -0.15) is 0 Å². The maximum absolute atomic E-state index is 3.43. The highest BCUT2D eigenvalue weighted by atomic mass is 15.0. The fourth-order valence-corrected chi connectivity index (χ4v) is 4.96. The highest BCUT2D eigenvalue weighted by molar-refractivity contribution is 6.09. The minimum atomic E-state index is 1.17. The Balaban J connectivity index is 0.000000146. The molecule has 0 saturated heterocycles. The molecule has 35 heavy (non-hydrogen) atoms. The van der Waals surface area contributed by atoms with Crippen LogP contribution in [0.15, 0.2) is 97.1 Å². The number of benzene rings is 4. The van der Waals surface area contributed by atoms with Gasteiger partial charge in [0, 0.05) is 37.9 Å². The smallest absolute Gasteiger partial charge is 0.0541 e. The molecule has 0 fully saturated rings. The average Bonchev–Trinajstić information content (AvgIpc) is 3.46. The maximum atomic E-state index is 3.43. The second-order valence-corrected chi connectivity index (χ2v) is 8.69. The molecule has 1 aliphatic carbocycles. The molecule has 2 nitrogen and oxygen atoms in total. The number of aromatic amines is 1. The lowest BCUT2D eigenvalue weighted by atomic mass is 10.1. The van der Waals surface area contributed by atoms with E-state index in [1.54, 1.807) is 0 Å². The van der Waals surface area contributed by atoms with Crippen molar-refractivity contribution >= 4 is 44.9 Å². The van der Waals surface area contributed by atoms with Crippen molar-refractivity contribution < 1.29 is 0 Å². The molecule has 0 bridgehead atoms. The van der Waals surface area contributed by atoms with Crippen LogP contribution in [0, 0.1) is 6.92 Å². The van der Waals surface area contributed by atoms with Crippen LogP contribution in [0.2, 0.25) is 0 Å². The predicted octanol–water partition coefficient (Wildman–Crippen LogP) is 7.64. The quantitative estimate of drug-likeness (QED) is 0.262. The van der Waals surface area contributed by atoms with Gasteiger partial charge in [-0.1, -0.05) is 92.2 Å². The molecule has 6 aromatic rings. The number of nitrogens with one attached hydrogen (secondary N) is 1. The van der Waals surface area contributed by atoms with Crippen LogP contribution in [0.25, 0.3) is 50.5 Å². The Bertz CT molecular complexity index is 1720. The first-order chi connectivity index (χ1) is 17.3. The van der Waals surface area contributed by atoms with Crippen LogP contribution in [0.4, 0.5) is 0 Å². The van der Waals surface area contributed by atoms with Crippen LogP contribution in [-0.4, -0.2) is 9.55 Å². The van der Waals surface area contributed by atoms with Gasteiger partial charge in [-0.15, -0.1) is 0 Å². The summed E-state index contributed by atoms with van der Waals surface area (Å²) in [7, 11) is 0. The van der Waals surface area contributed by atoms with Crippen molar-refractivity contribution in [2.24, 2.45) is 0 Å². The molecule has 0 unspecified atom stereocenters. The molecule has 174 valence electrons. The molecular formula is C33H32N2. The predicted molar refractivity (Wildman–Crippen MR) is 153 cm³/mol. The Morgan fingerprint density at radius 1 is 0.629 bits per heavy atom. The number of hydrogen-bond donors (Lipinski definition) is 1. The van der Waals surface area contributed by atoms with Crippen molar-refractivity contribution in [1.29, 1.82) is 0 Å². The third-order valence-corrected chi connectivity index (χ3v) is 6.48. The summed E-state index contributed by atoms with van der Waals surface area (Å²) in [6.07, 6.45) is 6.96. The number of rotatable bonds is 1. The summed E-state index contributed by atoms with van der Waals surface area (Å²) in [5.74, 6) is 0. The van der Waals surface area contributed by atoms with Crippen LogP contribution >= 0.6 is 0 Å². The fraction of sp³-hybridized carbons (Fsp3) is 0.152. The van der Waals surface area contributed by atoms with Gasteiger partial charge in [0.05, 0.1) is 11.0 Å². The molecule has 0 radical (unpaired) electrons. The molecule has 4 aromatic carbocycles. The number of nitrogens with zero attached hydrogens (tertiary/aromatic N) is 1. The van der Waals surface area contributed by atoms with Crippen LogP contribution in [0.5, 0.6) is 0 Å². The van der Waals surface area contributed by atoms with Gasteiger partial charge in [0.2, 0.25) is 0 Å². The van der Waals surface area contributed by atoms with E-state index in [9.17, 15) is 0 Å². The molecule has 1 N–H and O–H groups in total. The molecule has 0 spiro atoms. The zero-order valence-corrected chi connectivity index (χ0v) is 20.8. The average molecular weight is 457 g/mol. The third-order valence-electron chi connectivity index (χ3n) is 6.48. The lowest BCUT2D eigenvalue weighted by Crippen LogP contribution is -2.24. The summed E-state index contributed by atoms with van der Waals surface area (Å²) in [5, 5.41) is 6.68. The van der Waals surface area contributed by atoms with E-state index >= 15 is 0 Å². The number of fused-ring (bicyclic) bond motifs is 6. The van der Waals surface area contributed by atoms with Gasteiger partial charge in [0.25, 0.3) is 0 Å². The normalized spacial score (nSPS) is 12.1. The Morgan fingerprint density at radius 2 is 1.29 bits per heavy atom. The third kappa shape index (κ3) is 4.28.